The first-order valence-electron chi connectivity index (χ1n) is 9.10. The van der Waals surface area contributed by atoms with E-state index in [1.165, 1.54) is 0 Å². The maximum Gasteiger partial charge on any atom is 0.414 e. The molecule has 0 radical (unpaired) electrons. The summed E-state index contributed by atoms with van der Waals surface area (Å²) in [4.78, 5) is 24.7. The van der Waals surface area contributed by atoms with Crippen LogP contribution >= 0.6 is 11.6 Å². The first-order chi connectivity index (χ1) is 13.5. The van der Waals surface area contributed by atoms with E-state index in [0.29, 0.717) is 24.0 Å². The molecule has 0 saturated heterocycles. The normalized spacial score (nSPS) is 22.5. The van der Waals surface area contributed by atoms with Crippen LogP contribution in [-0.2, 0) is 4.74 Å². The zero-order valence-electron chi connectivity index (χ0n) is 16.5. The van der Waals surface area contributed by atoms with E-state index in [1.54, 1.807) is 31.7 Å². The number of hydrogen-bond acceptors (Lipinski definition) is 7. The third-order valence-corrected chi connectivity index (χ3v) is 4.90. The summed E-state index contributed by atoms with van der Waals surface area (Å²) in [6, 6.07) is -0.314. The van der Waals surface area contributed by atoms with Gasteiger partial charge in [-0.3, -0.25) is 5.32 Å². The van der Waals surface area contributed by atoms with Gasteiger partial charge in [0.1, 0.15) is 11.1 Å². The van der Waals surface area contributed by atoms with Gasteiger partial charge in [0.2, 0.25) is 5.95 Å². The van der Waals surface area contributed by atoms with E-state index in [9.17, 15) is 15.0 Å². The van der Waals surface area contributed by atoms with Gasteiger partial charge in [0.15, 0.2) is 10.8 Å². The molecule has 2 aromatic heterocycles. The van der Waals surface area contributed by atoms with Crippen molar-refractivity contribution in [2.45, 2.75) is 51.4 Å². The van der Waals surface area contributed by atoms with Crippen molar-refractivity contribution in [2.75, 3.05) is 5.32 Å². The van der Waals surface area contributed by atoms with E-state index in [2.05, 4.69) is 33.4 Å². The van der Waals surface area contributed by atoms with Crippen molar-refractivity contribution in [3.8, 4) is 0 Å². The number of aliphatic hydroxyl groups is 2. The quantitative estimate of drug-likeness (QED) is 0.391. The lowest BCUT2D eigenvalue weighted by atomic mass is 9.79. The van der Waals surface area contributed by atoms with Gasteiger partial charge in [0.25, 0.3) is 0 Å². The molecule has 9 nitrogen and oxygen atoms in total. The number of anilines is 1. The predicted octanol–water partition coefficient (Wildman–Crippen LogP) is 3.77. The molecule has 3 N–H and O–H groups in total. The number of ether oxygens (including phenoxy) is 1. The Morgan fingerprint density at radius 1 is 1.41 bits per heavy atom. The fraction of sp³-hybridized carbons (Fsp3) is 0.474. The largest absolute Gasteiger partial charge is 0.513 e. The fourth-order valence-electron chi connectivity index (χ4n) is 3.33. The van der Waals surface area contributed by atoms with Crippen LogP contribution in [0.15, 0.2) is 30.8 Å². The molecule has 29 heavy (non-hydrogen) atoms. The van der Waals surface area contributed by atoms with Crippen LogP contribution in [-0.4, -0.2) is 47.5 Å². The zero-order valence-corrected chi connectivity index (χ0v) is 17.3. The van der Waals surface area contributed by atoms with Crippen molar-refractivity contribution >= 4 is 34.8 Å². The van der Waals surface area contributed by atoms with Crippen molar-refractivity contribution in [2.24, 2.45) is 5.92 Å². The van der Waals surface area contributed by atoms with Crippen molar-refractivity contribution in [3.63, 3.8) is 0 Å². The lowest BCUT2D eigenvalue weighted by Crippen LogP contribution is -2.33. The number of nitrogens with zero attached hydrogens (tertiary/aromatic N) is 4. The topological polar surface area (TPSA) is 122 Å². The van der Waals surface area contributed by atoms with Gasteiger partial charge in [-0.1, -0.05) is 30.3 Å². The van der Waals surface area contributed by atoms with Crippen molar-refractivity contribution in [3.05, 3.63) is 36.0 Å². The molecule has 1 saturated carbocycles. The van der Waals surface area contributed by atoms with Gasteiger partial charge in [0, 0.05) is 5.92 Å². The van der Waals surface area contributed by atoms with E-state index in [1.807, 2.05) is 0 Å². The van der Waals surface area contributed by atoms with Crippen LogP contribution in [0.2, 0.25) is 5.15 Å². The Hall–Kier alpha value is -2.65. The average molecular weight is 422 g/mol. The molecular formula is C19H24ClN5O4. The molecule has 0 aromatic carbocycles. The zero-order chi connectivity index (χ0) is 21.5. The van der Waals surface area contributed by atoms with Crippen LogP contribution in [0.25, 0.3) is 11.2 Å². The monoisotopic (exact) mass is 421 g/mol. The Kier molecular flexibility index (Phi) is 5.55. The van der Waals surface area contributed by atoms with E-state index in [4.69, 9.17) is 16.3 Å². The Morgan fingerprint density at radius 3 is 2.72 bits per heavy atom. The minimum Gasteiger partial charge on any atom is -0.513 e. The van der Waals surface area contributed by atoms with Crippen LogP contribution in [0.3, 0.4) is 0 Å². The molecule has 3 atom stereocenters. The highest BCUT2D eigenvalue weighted by Crippen LogP contribution is 2.39. The number of aliphatic hydroxyl groups excluding tert-OH is 2. The smallest absolute Gasteiger partial charge is 0.414 e. The van der Waals surface area contributed by atoms with Gasteiger partial charge >= 0.3 is 6.09 Å². The van der Waals surface area contributed by atoms with Gasteiger partial charge in [-0.25, -0.2) is 9.78 Å². The summed E-state index contributed by atoms with van der Waals surface area (Å²) < 4.78 is 6.94. The van der Waals surface area contributed by atoms with Crippen LogP contribution in [0.5, 0.6) is 0 Å². The Morgan fingerprint density at radius 2 is 2.10 bits per heavy atom. The first-order valence-corrected chi connectivity index (χ1v) is 9.47. The van der Waals surface area contributed by atoms with Gasteiger partial charge in [-0.05, 0) is 33.6 Å². The highest BCUT2D eigenvalue weighted by molar-refractivity contribution is 6.33. The minimum atomic E-state index is -0.794. The van der Waals surface area contributed by atoms with E-state index in [0.717, 1.165) is 5.57 Å². The van der Waals surface area contributed by atoms with Gasteiger partial charge < -0.3 is 19.5 Å². The molecule has 1 aliphatic rings. The summed E-state index contributed by atoms with van der Waals surface area (Å²) in [6.45, 7) is 12.8. The molecule has 2 aromatic rings. The molecule has 156 valence electrons. The number of aromatic nitrogens is 4. The number of carbonyl (C=O) groups is 1. The molecule has 1 aliphatic carbocycles. The predicted molar refractivity (Wildman–Crippen MR) is 109 cm³/mol. The first kappa shape index (κ1) is 21.1. The number of nitrogens with one attached hydrogen (secondary N) is 1. The Labute approximate surface area is 173 Å². The summed E-state index contributed by atoms with van der Waals surface area (Å²) in [5.74, 6) is -0.556. The molecule has 0 aliphatic heterocycles. The third-order valence-electron chi connectivity index (χ3n) is 4.64. The van der Waals surface area contributed by atoms with Gasteiger partial charge in [-0.15, -0.1) is 0 Å². The summed E-state index contributed by atoms with van der Waals surface area (Å²) in [5.41, 5.74) is 0.849. The second-order valence-electron chi connectivity index (χ2n) is 8.07. The van der Waals surface area contributed by atoms with Crippen molar-refractivity contribution in [1.29, 1.82) is 0 Å². The molecule has 1 amide bonds. The highest BCUT2D eigenvalue weighted by Gasteiger charge is 2.35. The summed E-state index contributed by atoms with van der Waals surface area (Å²) >= 11 is 6.23. The maximum absolute atomic E-state index is 12.0. The van der Waals surface area contributed by atoms with E-state index < -0.39 is 23.7 Å². The average Bonchev–Trinajstić information content (AvgIpc) is 2.98. The highest BCUT2D eigenvalue weighted by atomic mass is 35.5. The summed E-state index contributed by atoms with van der Waals surface area (Å²) in [5, 5.41) is 22.6. The maximum atomic E-state index is 12.0. The second-order valence-corrected chi connectivity index (χ2v) is 8.43. The standard InChI is InChI=1S/C19H24ClN5O4/c1-9-6-11(10(2)26)13(27)7-12(9)25-8-21-14-15(20)22-17(23-16(14)25)24-18(28)29-19(3,4)5/h8,11-13,26-27H,1-2,6-7H2,3-5H3,(H,22,23,24,28)/t11-,12?,13+/m1/s1. The number of amides is 1. The fourth-order valence-corrected chi connectivity index (χ4v) is 3.54. The van der Waals surface area contributed by atoms with Gasteiger partial charge in [-0.2, -0.15) is 9.97 Å². The number of imidazole rings is 1. The molecule has 3 rings (SSSR count). The van der Waals surface area contributed by atoms with Crippen LogP contribution in [0.4, 0.5) is 10.7 Å². The summed E-state index contributed by atoms with van der Waals surface area (Å²) in [6.07, 6.45) is 0.713. The molecule has 1 fully saturated rings. The number of carbonyl (C=O) groups excluding carboxylic acids is 1. The Bertz CT molecular complexity index is 981. The number of hydrogen-bond donors (Lipinski definition) is 3. The van der Waals surface area contributed by atoms with Gasteiger partial charge in [0.05, 0.1) is 24.2 Å². The molecule has 0 spiro atoms. The lowest BCUT2D eigenvalue weighted by Gasteiger charge is -2.35. The molecule has 10 heteroatoms. The van der Waals surface area contributed by atoms with Crippen LogP contribution in [0.1, 0.15) is 39.7 Å². The molecular weight excluding hydrogens is 398 g/mol. The molecule has 2 heterocycles. The molecule has 0 bridgehead atoms. The summed E-state index contributed by atoms with van der Waals surface area (Å²) in [7, 11) is 0. The number of fused-ring (bicyclic) bond motifs is 1. The van der Waals surface area contributed by atoms with Crippen molar-refractivity contribution in [1.82, 2.24) is 19.5 Å². The third kappa shape index (κ3) is 4.51. The molecule has 1 unspecified atom stereocenters. The SMILES string of the molecule is C=C1C[C@H](C(=C)O)[C@@H](O)CC1n1cnc2c(Cl)nc(NC(=O)OC(C)(C)C)nc21. The minimum absolute atomic E-state index is 0.0258. The number of rotatable bonds is 3. The van der Waals surface area contributed by atoms with E-state index in [-0.39, 0.29) is 22.9 Å². The Balaban J connectivity index is 1.92. The number of halogens is 1. The number of allylic oxidation sites excluding steroid dienone is 1. The van der Waals surface area contributed by atoms with Crippen molar-refractivity contribution < 1.29 is 19.7 Å². The van der Waals surface area contributed by atoms with Crippen LogP contribution in [0, 0.1) is 5.92 Å². The second kappa shape index (κ2) is 7.64. The van der Waals surface area contributed by atoms with E-state index >= 15 is 0 Å². The lowest BCUT2D eigenvalue weighted by molar-refractivity contribution is 0.0633. The van der Waals surface area contributed by atoms with Crippen LogP contribution < -0.4 is 5.32 Å².